The monoisotopic (exact) mass is 664 g/mol. The maximum atomic E-state index is 14.2. The van der Waals surface area contributed by atoms with E-state index in [1.807, 2.05) is 74.5 Å². The van der Waals surface area contributed by atoms with Gasteiger partial charge in [0.2, 0.25) is 5.91 Å². The Bertz CT molecular complexity index is 1260. The minimum absolute atomic E-state index is 0.0355. The summed E-state index contributed by atoms with van der Waals surface area (Å²) in [6.07, 6.45) is 7.23. The van der Waals surface area contributed by atoms with Crippen molar-refractivity contribution in [3.8, 4) is 0 Å². The molecule has 3 heterocycles. The highest BCUT2D eigenvalue weighted by Crippen LogP contribution is 2.42. The molecule has 3 saturated heterocycles. The van der Waals surface area contributed by atoms with E-state index in [1.54, 1.807) is 0 Å². The third kappa shape index (κ3) is 9.31. The van der Waals surface area contributed by atoms with E-state index < -0.39 is 48.9 Å². The van der Waals surface area contributed by atoms with Gasteiger partial charge in [0, 0.05) is 23.5 Å². The number of hydrogen-bond acceptors (Lipinski definition) is 8. The molecule has 9 heteroatoms. The van der Waals surface area contributed by atoms with E-state index >= 15 is 0 Å². The molecular formula is C39H56N2O7. The van der Waals surface area contributed by atoms with Gasteiger partial charge in [-0.25, -0.2) is 0 Å². The zero-order valence-corrected chi connectivity index (χ0v) is 29.0. The molecule has 0 aliphatic carbocycles. The van der Waals surface area contributed by atoms with Gasteiger partial charge >= 0.3 is 0 Å². The summed E-state index contributed by atoms with van der Waals surface area (Å²) < 4.78 is 32.1. The highest BCUT2D eigenvalue weighted by atomic mass is 16.7. The number of fused-ring (bicyclic) bond motifs is 1. The first-order chi connectivity index (χ1) is 23.4. The number of carbonyl (C=O) groups excluding carboxylic acids is 2. The van der Waals surface area contributed by atoms with E-state index in [4.69, 9.17) is 29.4 Å². The molecule has 3 aliphatic heterocycles. The summed E-state index contributed by atoms with van der Waals surface area (Å²) in [5, 5.41) is 3.22. The number of nitrogens with two attached hydrogens (primary N) is 1. The van der Waals surface area contributed by atoms with Crippen LogP contribution in [0.15, 0.2) is 60.7 Å². The largest absolute Gasteiger partial charge is 0.374 e. The zero-order valence-electron chi connectivity index (χ0n) is 29.0. The normalized spacial score (nSPS) is 31.9. The lowest BCUT2D eigenvalue weighted by Gasteiger charge is -2.50. The summed E-state index contributed by atoms with van der Waals surface area (Å²) in [6, 6.07) is 18.0. The van der Waals surface area contributed by atoms with Crippen molar-refractivity contribution in [2.45, 2.75) is 134 Å². The Hall–Kier alpha value is -2.66. The second-order valence-electron chi connectivity index (χ2n) is 13.7. The summed E-state index contributed by atoms with van der Waals surface area (Å²) in [6.45, 7) is 6.85. The number of ether oxygens (including phenoxy) is 5. The molecule has 3 aliphatic rings. The first kappa shape index (κ1) is 36.6. The lowest BCUT2D eigenvalue weighted by molar-refractivity contribution is -0.347. The van der Waals surface area contributed by atoms with E-state index in [2.05, 4.69) is 12.2 Å². The summed E-state index contributed by atoms with van der Waals surface area (Å²) in [4.78, 5) is 27.5. The molecule has 0 aromatic heterocycles. The molecule has 0 spiro atoms. The van der Waals surface area contributed by atoms with Gasteiger partial charge in [0.15, 0.2) is 18.4 Å². The zero-order chi connectivity index (χ0) is 33.9. The van der Waals surface area contributed by atoms with Crippen molar-refractivity contribution >= 4 is 11.7 Å². The van der Waals surface area contributed by atoms with Gasteiger partial charge in [-0.1, -0.05) is 126 Å². The minimum atomic E-state index is -0.923. The van der Waals surface area contributed by atoms with Crippen LogP contribution in [0.5, 0.6) is 0 Å². The van der Waals surface area contributed by atoms with Crippen molar-refractivity contribution < 1.29 is 33.3 Å². The molecule has 5 unspecified atom stereocenters. The molecule has 0 saturated carbocycles. The van der Waals surface area contributed by atoms with Gasteiger partial charge in [0.1, 0.15) is 12.2 Å². The van der Waals surface area contributed by atoms with Crippen molar-refractivity contribution in [1.29, 1.82) is 0 Å². The first-order valence-corrected chi connectivity index (χ1v) is 18.3. The lowest BCUT2D eigenvalue weighted by Crippen LogP contribution is -2.66. The summed E-state index contributed by atoms with van der Waals surface area (Å²) in [7, 11) is 0. The molecule has 9 nitrogen and oxygen atoms in total. The number of benzene rings is 2. The van der Waals surface area contributed by atoms with Crippen molar-refractivity contribution in [2.24, 2.45) is 17.6 Å². The SMILES string of the molecule is CCCCCCCCCCC(=O)N[C@H]1C(CC)OCC(N)[C@H]1O[C@H]1OC2COC(c3ccccc3)O[C@@H]2[C@H](C)C1C(=O)c1ccccc1. The fourth-order valence-corrected chi connectivity index (χ4v) is 7.37. The molecule has 2 aromatic carbocycles. The van der Waals surface area contributed by atoms with E-state index in [0.717, 1.165) is 24.8 Å². The Balaban J connectivity index is 1.30. The Morgan fingerprint density at radius 2 is 1.52 bits per heavy atom. The molecule has 10 atom stereocenters. The summed E-state index contributed by atoms with van der Waals surface area (Å²) in [5.74, 6) is -1.05. The topological polar surface area (TPSA) is 118 Å². The van der Waals surface area contributed by atoms with Gasteiger partial charge < -0.3 is 34.7 Å². The number of amides is 1. The van der Waals surface area contributed by atoms with Gasteiger partial charge in [0.05, 0.1) is 43.4 Å². The van der Waals surface area contributed by atoms with Crippen molar-refractivity contribution in [3.05, 3.63) is 71.8 Å². The van der Waals surface area contributed by atoms with Crippen LogP contribution in [0.3, 0.4) is 0 Å². The maximum absolute atomic E-state index is 14.2. The Kier molecular flexibility index (Phi) is 14.0. The maximum Gasteiger partial charge on any atom is 0.220 e. The van der Waals surface area contributed by atoms with E-state index in [-0.39, 0.29) is 36.9 Å². The Morgan fingerprint density at radius 3 is 2.21 bits per heavy atom. The number of hydrogen-bond donors (Lipinski definition) is 2. The third-order valence-electron chi connectivity index (χ3n) is 10.1. The molecule has 0 radical (unpaired) electrons. The summed E-state index contributed by atoms with van der Waals surface area (Å²) in [5.41, 5.74) is 8.15. The molecule has 1 amide bonds. The second kappa shape index (κ2) is 18.4. The van der Waals surface area contributed by atoms with Crippen LogP contribution in [0, 0.1) is 11.8 Å². The lowest BCUT2D eigenvalue weighted by atomic mass is 9.78. The molecule has 0 bridgehead atoms. The van der Waals surface area contributed by atoms with Gasteiger partial charge in [-0.2, -0.15) is 0 Å². The molecular weight excluding hydrogens is 608 g/mol. The Morgan fingerprint density at radius 1 is 0.854 bits per heavy atom. The highest BCUT2D eigenvalue weighted by Gasteiger charge is 2.53. The van der Waals surface area contributed by atoms with E-state index in [0.29, 0.717) is 18.4 Å². The molecule has 3 N–H and O–H groups in total. The van der Waals surface area contributed by atoms with Crippen LogP contribution < -0.4 is 11.1 Å². The van der Waals surface area contributed by atoms with Crippen LogP contribution in [-0.2, 0) is 28.5 Å². The van der Waals surface area contributed by atoms with Crippen LogP contribution >= 0.6 is 0 Å². The number of unbranched alkanes of at least 4 members (excludes halogenated alkanes) is 7. The van der Waals surface area contributed by atoms with E-state index in [9.17, 15) is 9.59 Å². The number of rotatable bonds is 16. The van der Waals surface area contributed by atoms with Crippen LogP contribution in [0.1, 0.15) is 107 Å². The van der Waals surface area contributed by atoms with Crippen molar-refractivity contribution in [3.63, 3.8) is 0 Å². The quantitative estimate of drug-likeness (QED) is 0.154. The van der Waals surface area contributed by atoms with E-state index in [1.165, 1.54) is 32.1 Å². The highest BCUT2D eigenvalue weighted by molar-refractivity contribution is 5.98. The fourth-order valence-electron chi connectivity index (χ4n) is 7.37. The average Bonchev–Trinajstić information content (AvgIpc) is 3.11. The molecule has 5 rings (SSSR count). The second-order valence-corrected chi connectivity index (χ2v) is 13.7. The minimum Gasteiger partial charge on any atom is -0.374 e. The third-order valence-corrected chi connectivity index (χ3v) is 10.1. The number of Topliss-reactive ketones (excluding diaryl/α,β-unsaturated/α-hetero) is 1. The number of nitrogens with one attached hydrogen (secondary N) is 1. The molecule has 264 valence electrons. The van der Waals surface area contributed by atoms with Gasteiger partial charge in [-0.3, -0.25) is 9.59 Å². The predicted octanol–water partition coefficient (Wildman–Crippen LogP) is 6.50. The smallest absolute Gasteiger partial charge is 0.220 e. The first-order valence-electron chi connectivity index (χ1n) is 18.3. The van der Waals surface area contributed by atoms with Gasteiger partial charge in [-0.15, -0.1) is 0 Å². The standard InChI is InChI=1S/C39H56N2O7/c1-4-6-7-8-9-10-11-18-23-32(42)41-34-30(5-2)44-24-29(40)37(34)48-39-33(35(43)27-19-14-12-15-20-27)26(3)36-31(46-39)25-45-38(47-36)28-21-16-13-17-22-28/h12-17,19-22,26,29-31,33-34,36-39H,4-11,18,23-25,40H2,1-3H3,(H,41,42)/t26-,29?,30?,31?,33?,34+,36-,37-,38?,39-/m1/s1. The van der Waals surface area contributed by atoms with Crippen LogP contribution in [0.25, 0.3) is 0 Å². The van der Waals surface area contributed by atoms with Gasteiger partial charge in [-0.05, 0) is 12.8 Å². The Labute approximate surface area is 286 Å². The fraction of sp³-hybridized carbons (Fsp3) is 0.641. The predicted molar refractivity (Wildman–Crippen MR) is 184 cm³/mol. The van der Waals surface area contributed by atoms with Crippen LogP contribution in [-0.4, -0.2) is 67.7 Å². The molecule has 2 aromatic rings. The molecule has 3 fully saturated rings. The van der Waals surface area contributed by atoms with Gasteiger partial charge in [0.25, 0.3) is 0 Å². The average molecular weight is 665 g/mol. The summed E-state index contributed by atoms with van der Waals surface area (Å²) >= 11 is 0. The van der Waals surface area contributed by atoms with Crippen molar-refractivity contribution in [1.82, 2.24) is 5.32 Å². The number of ketones is 1. The van der Waals surface area contributed by atoms with Crippen LogP contribution in [0.4, 0.5) is 0 Å². The van der Waals surface area contributed by atoms with Crippen LogP contribution in [0.2, 0.25) is 0 Å². The molecule has 48 heavy (non-hydrogen) atoms. The number of carbonyl (C=O) groups is 2. The van der Waals surface area contributed by atoms with Crippen molar-refractivity contribution in [2.75, 3.05) is 13.2 Å².